The maximum atomic E-state index is 4.78. The minimum atomic E-state index is 0.709. The summed E-state index contributed by atoms with van der Waals surface area (Å²) in [5.74, 6) is 0.709. The second kappa shape index (κ2) is 5.97. The largest absolute Gasteiger partial charge is 0.306 e. The van der Waals surface area contributed by atoms with Crippen LogP contribution >= 0.6 is 11.3 Å². The summed E-state index contributed by atoms with van der Waals surface area (Å²) >= 11 is 1.64. The van der Waals surface area contributed by atoms with E-state index in [0.717, 1.165) is 28.4 Å². The molecule has 0 radical (unpaired) electrons. The molecule has 106 valence electrons. The summed E-state index contributed by atoms with van der Waals surface area (Å²) in [5.41, 5.74) is 4.98. The third-order valence-electron chi connectivity index (χ3n) is 3.88. The van der Waals surface area contributed by atoms with Crippen LogP contribution < -0.4 is 0 Å². The fraction of sp³-hybridized carbons (Fsp3) is 0.533. The van der Waals surface area contributed by atoms with E-state index in [4.69, 9.17) is 4.98 Å². The number of hydrogen-bond donors (Lipinski definition) is 0. The topological polar surface area (TPSA) is 41.9 Å². The first-order valence-electron chi connectivity index (χ1n) is 7.12. The van der Waals surface area contributed by atoms with Gasteiger partial charge in [-0.2, -0.15) is 0 Å². The third kappa shape index (κ3) is 3.04. The van der Waals surface area contributed by atoms with Crippen molar-refractivity contribution in [2.75, 3.05) is 20.1 Å². The molecule has 1 aliphatic heterocycles. The van der Waals surface area contributed by atoms with Gasteiger partial charge in [-0.3, -0.25) is 4.98 Å². The molecule has 2 aromatic rings. The first-order chi connectivity index (χ1) is 9.72. The van der Waals surface area contributed by atoms with Gasteiger partial charge >= 0.3 is 0 Å². The van der Waals surface area contributed by atoms with Crippen LogP contribution in [0, 0.1) is 12.8 Å². The van der Waals surface area contributed by atoms with Crippen molar-refractivity contribution >= 4 is 11.3 Å². The van der Waals surface area contributed by atoms with Crippen LogP contribution in [0.3, 0.4) is 0 Å². The number of aromatic nitrogens is 3. The second-order valence-corrected chi connectivity index (χ2v) is 6.49. The van der Waals surface area contributed by atoms with Crippen LogP contribution in [0.15, 0.2) is 17.9 Å². The van der Waals surface area contributed by atoms with Crippen molar-refractivity contribution in [2.24, 2.45) is 5.92 Å². The van der Waals surface area contributed by atoms with Crippen LogP contribution in [0.2, 0.25) is 0 Å². The summed E-state index contributed by atoms with van der Waals surface area (Å²) in [4.78, 5) is 17.0. The molecule has 3 heterocycles. The lowest BCUT2D eigenvalue weighted by molar-refractivity contribution is 0.208. The maximum absolute atomic E-state index is 4.78. The van der Waals surface area contributed by atoms with E-state index in [2.05, 4.69) is 21.9 Å². The number of rotatable bonds is 3. The van der Waals surface area contributed by atoms with Crippen molar-refractivity contribution in [1.82, 2.24) is 19.9 Å². The average molecular weight is 288 g/mol. The number of piperidine rings is 1. The molecule has 1 saturated heterocycles. The second-order valence-electron chi connectivity index (χ2n) is 5.64. The highest BCUT2D eigenvalue weighted by Gasteiger charge is 2.18. The minimum absolute atomic E-state index is 0.709. The lowest BCUT2D eigenvalue weighted by Gasteiger charge is -2.29. The van der Waals surface area contributed by atoms with Gasteiger partial charge in [0.15, 0.2) is 0 Å². The standard InChI is InChI=1S/C15H20N4S/c1-11-15(20-10-17-11)14-8-16-7-13(18-14)6-12-4-3-5-19(2)9-12/h7-8,10,12H,3-6,9H2,1-2H3/t12-/m1/s1. The Kier molecular flexibility index (Phi) is 4.08. The molecule has 0 N–H and O–H groups in total. The molecular formula is C15H20N4S. The molecule has 0 aromatic carbocycles. The lowest BCUT2D eigenvalue weighted by atomic mass is 9.94. The van der Waals surface area contributed by atoms with E-state index >= 15 is 0 Å². The van der Waals surface area contributed by atoms with Gasteiger partial charge in [0.2, 0.25) is 0 Å². The first-order valence-corrected chi connectivity index (χ1v) is 8.00. The molecule has 1 aliphatic rings. The molecular weight excluding hydrogens is 268 g/mol. The SMILES string of the molecule is Cc1ncsc1-c1cncc(C[C@H]2CCCN(C)C2)n1. The van der Waals surface area contributed by atoms with E-state index in [1.54, 1.807) is 11.3 Å². The molecule has 0 saturated carbocycles. The van der Waals surface area contributed by atoms with Gasteiger partial charge < -0.3 is 4.90 Å². The van der Waals surface area contributed by atoms with Gasteiger partial charge in [-0.1, -0.05) is 0 Å². The van der Waals surface area contributed by atoms with E-state index in [0.29, 0.717) is 5.92 Å². The summed E-state index contributed by atoms with van der Waals surface area (Å²) in [6.07, 6.45) is 7.38. The van der Waals surface area contributed by atoms with Crippen molar-refractivity contribution in [3.05, 3.63) is 29.3 Å². The molecule has 3 rings (SSSR count). The van der Waals surface area contributed by atoms with Crippen LogP contribution in [0.25, 0.3) is 10.6 Å². The molecule has 1 atom stereocenters. The fourth-order valence-corrected chi connectivity index (χ4v) is 3.66. The quantitative estimate of drug-likeness (QED) is 0.871. The van der Waals surface area contributed by atoms with Crippen molar-refractivity contribution in [3.8, 4) is 10.6 Å². The zero-order chi connectivity index (χ0) is 13.9. The molecule has 0 aliphatic carbocycles. The first kappa shape index (κ1) is 13.6. The Bertz CT molecular complexity index is 581. The molecule has 5 heteroatoms. The normalized spacial score (nSPS) is 20.2. The Labute approximate surface area is 123 Å². The number of hydrogen-bond acceptors (Lipinski definition) is 5. The van der Waals surface area contributed by atoms with Gasteiger partial charge in [-0.05, 0) is 45.7 Å². The number of nitrogens with zero attached hydrogens (tertiary/aromatic N) is 4. The Morgan fingerprint density at radius 3 is 3.05 bits per heavy atom. The van der Waals surface area contributed by atoms with Gasteiger partial charge in [-0.25, -0.2) is 9.97 Å². The zero-order valence-electron chi connectivity index (χ0n) is 12.0. The molecule has 20 heavy (non-hydrogen) atoms. The van der Waals surface area contributed by atoms with Crippen LogP contribution in [-0.2, 0) is 6.42 Å². The average Bonchev–Trinajstić information content (AvgIpc) is 2.85. The Balaban J connectivity index is 1.76. The molecule has 4 nitrogen and oxygen atoms in total. The van der Waals surface area contributed by atoms with Gasteiger partial charge in [-0.15, -0.1) is 11.3 Å². The summed E-state index contributed by atoms with van der Waals surface area (Å²) in [5, 5.41) is 0. The van der Waals surface area contributed by atoms with Crippen LogP contribution in [-0.4, -0.2) is 40.0 Å². The molecule has 0 bridgehead atoms. The smallest absolute Gasteiger partial charge is 0.101 e. The lowest BCUT2D eigenvalue weighted by Crippen LogP contribution is -2.33. The van der Waals surface area contributed by atoms with Crippen LogP contribution in [0.1, 0.15) is 24.2 Å². The molecule has 0 amide bonds. The van der Waals surface area contributed by atoms with Crippen molar-refractivity contribution in [2.45, 2.75) is 26.2 Å². The molecule has 1 fully saturated rings. The van der Waals surface area contributed by atoms with E-state index in [9.17, 15) is 0 Å². The van der Waals surface area contributed by atoms with Gasteiger partial charge in [0, 0.05) is 12.7 Å². The fourth-order valence-electron chi connectivity index (χ4n) is 2.90. The van der Waals surface area contributed by atoms with E-state index in [1.165, 1.54) is 25.9 Å². The van der Waals surface area contributed by atoms with Crippen LogP contribution in [0.4, 0.5) is 0 Å². The van der Waals surface area contributed by atoms with E-state index < -0.39 is 0 Å². The highest BCUT2D eigenvalue weighted by Crippen LogP contribution is 2.25. The number of thiazole rings is 1. The van der Waals surface area contributed by atoms with Gasteiger partial charge in [0.05, 0.1) is 28.0 Å². The summed E-state index contributed by atoms with van der Waals surface area (Å²) in [7, 11) is 2.20. The van der Waals surface area contributed by atoms with Gasteiger partial charge in [0.25, 0.3) is 0 Å². The summed E-state index contributed by atoms with van der Waals surface area (Å²) in [6.45, 7) is 4.42. The van der Waals surface area contributed by atoms with Crippen molar-refractivity contribution in [1.29, 1.82) is 0 Å². The maximum Gasteiger partial charge on any atom is 0.101 e. The molecule has 0 spiro atoms. The third-order valence-corrected chi connectivity index (χ3v) is 4.83. The Morgan fingerprint density at radius 2 is 2.30 bits per heavy atom. The Hall–Kier alpha value is -1.33. The number of likely N-dealkylation sites (tertiary alicyclic amines) is 1. The van der Waals surface area contributed by atoms with Crippen LogP contribution in [0.5, 0.6) is 0 Å². The molecule has 0 unspecified atom stereocenters. The highest BCUT2D eigenvalue weighted by molar-refractivity contribution is 7.13. The monoisotopic (exact) mass is 288 g/mol. The van der Waals surface area contributed by atoms with E-state index in [-0.39, 0.29) is 0 Å². The highest BCUT2D eigenvalue weighted by atomic mass is 32.1. The van der Waals surface area contributed by atoms with E-state index in [1.807, 2.05) is 24.8 Å². The molecule has 2 aromatic heterocycles. The summed E-state index contributed by atoms with van der Waals surface area (Å²) in [6, 6.07) is 0. The van der Waals surface area contributed by atoms with Crippen molar-refractivity contribution < 1.29 is 0 Å². The zero-order valence-corrected chi connectivity index (χ0v) is 12.9. The predicted octanol–water partition coefficient (Wildman–Crippen LogP) is 2.79. The number of aryl methyl sites for hydroxylation is 1. The van der Waals surface area contributed by atoms with Gasteiger partial charge in [0.1, 0.15) is 5.69 Å². The summed E-state index contributed by atoms with van der Waals surface area (Å²) < 4.78 is 0. The predicted molar refractivity (Wildman–Crippen MR) is 81.8 cm³/mol. The minimum Gasteiger partial charge on any atom is -0.306 e. The van der Waals surface area contributed by atoms with Crippen molar-refractivity contribution in [3.63, 3.8) is 0 Å². The Morgan fingerprint density at radius 1 is 1.40 bits per heavy atom.